The van der Waals surface area contributed by atoms with Crippen LogP contribution < -0.4 is 9.47 Å². The number of benzene rings is 2. The quantitative estimate of drug-likeness (QED) is 0.285. The second kappa shape index (κ2) is 11.3. The molecule has 2 aromatic carbocycles. The summed E-state index contributed by atoms with van der Waals surface area (Å²) in [5, 5.41) is 0. The summed E-state index contributed by atoms with van der Waals surface area (Å²) in [5.41, 5.74) is 5.84. The molecule has 1 aliphatic heterocycles. The molecule has 5 rings (SSSR count). The molecule has 7 heteroatoms. The number of nitrogens with zero attached hydrogens (tertiary/aromatic N) is 1. The van der Waals surface area contributed by atoms with Crippen molar-refractivity contribution in [3.05, 3.63) is 78.1 Å². The van der Waals surface area contributed by atoms with Crippen LogP contribution in [0.4, 0.5) is 0 Å². The normalized spacial score (nSPS) is 18.2. The molecule has 0 unspecified atom stereocenters. The molecule has 0 radical (unpaired) electrons. The number of halogens is 2. The Balaban J connectivity index is 1.60. The molecule has 0 bridgehead atoms. The first-order chi connectivity index (χ1) is 17.9. The monoisotopic (exact) mass is 675 g/mol. The van der Waals surface area contributed by atoms with Crippen LogP contribution in [0.3, 0.4) is 0 Å². The largest absolute Gasteiger partial charge is 0.493 e. The van der Waals surface area contributed by atoms with E-state index in [1.807, 2.05) is 30.3 Å². The zero-order valence-electron chi connectivity index (χ0n) is 21.2. The Morgan fingerprint density at radius 2 is 1.65 bits per heavy atom. The highest BCUT2D eigenvalue weighted by Crippen LogP contribution is 2.50. The van der Waals surface area contributed by atoms with E-state index in [2.05, 4.69) is 56.4 Å². The molecule has 2 aromatic rings. The fourth-order valence-electron chi connectivity index (χ4n) is 5.86. The highest BCUT2D eigenvalue weighted by molar-refractivity contribution is 14.1. The van der Waals surface area contributed by atoms with Gasteiger partial charge in [0.1, 0.15) is 6.61 Å². The Hall–Kier alpha value is -2.13. The lowest BCUT2D eigenvalue weighted by Crippen LogP contribution is -2.39. The molecule has 0 atom stereocenters. The van der Waals surface area contributed by atoms with Crippen molar-refractivity contribution in [1.29, 1.82) is 0 Å². The number of ketones is 2. The van der Waals surface area contributed by atoms with Gasteiger partial charge in [-0.1, -0.05) is 41.1 Å². The number of rotatable bonds is 7. The van der Waals surface area contributed by atoms with E-state index in [-0.39, 0.29) is 17.5 Å². The fourth-order valence-corrected chi connectivity index (χ4v) is 7.04. The fraction of sp³-hybridized carbons (Fsp3) is 0.400. The van der Waals surface area contributed by atoms with Crippen molar-refractivity contribution in [1.82, 2.24) is 4.90 Å². The molecule has 0 spiro atoms. The van der Waals surface area contributed by atoms with Gasteiger partial charge in [0.2, 0.25) is 0 Å². The smallest absolute Gasteiger partial charge is 0.174 e. The van der Waals surface area contributed by atoms with Gasteiger partial charge in [-0.15, -0.1) is 0 Å². The first-order valence-electron chi connectivity index (χ1n) is 13.0. The maximum atomic E-state index is 13.5. The molecule has 2 aliphatic carbocycles. The minimum atomic E-state index is -0.349. The first kappa shape index (κ1) is 26.5. The van der Waals surface area contributed by atoms with Crippen LogP contribution in [0.1, 0.15) is 68.9 Å². The molecule has 0 N–H and O–H groups in total. The number of Topliss-reactive ketones (excluding diaryl/α,β-unsaturated/α-hetero) is 2. The van der Waals surface area contributed by atoms with E-state index < -0.39 is 0 Å². The second-order valence-corrected chi connectivity index (χ2v) is 11.8. The average Bonchev–Trinajstić information content (AvgIpc) is 2.89. The van der Waals surface area contributed by atoms with Crippen LogP contribution in [0.15, 0.2) is 63.4 Å². The number of ether oxygens (including phenoxy) is 2. The van der Waals surface area contributed by atoms with Crippen molar-refractivity contribution < 1.29 is 19.1 Å². The van der Waals surface area contributed by atoms with Gasteiger partial charge < -0.3 is 14.4 Å². The molecule has 0 fully saturated rings. The maximum Gasteiger partial charge on any atom is 0.174 e. The van der Waals surface area contributed by atoms with Crippen LogP contribution in [-0.4, -0.2) is 30.1 Å². The summed E-state index contributed by atoms with van der Waals surface area (Å²) in [6.07, 6.45) is 5.53. The lowest BCUT2D eigenvalue weighted by atomic mass is 9.71. The number of hydrogen-bond donors (Lipinski definition) is 0. The summed E-state index contributed by atoms with van der Waals surface area (Å²) in [7, 11) is 1.64. The van der Waals surface area contributed by atoms with Gasteiger partial charge in [-0.25, -0.2) is 0 Å². The summed E-state index contributed by atoms with van der Waals surface area (Å²) in [6.45, 7) is 3.39. The lowest BCUT2D eigenvalue weighted by molar-refractivity contribution is -0.117. The standard InChI is InChI=1S/C30H31BrINO4/c1-3-14-33-22-10-6-12-24(34)28(22)27(29-23(33)11-7-13-25(29)35)19-15-21(32)30(26(16-19)36-2)37-17-18-8-4-5-9-20(18)31/h4-5,8-9,15-16,27H,3,6-7,10-14,17H2,1-2H3. The molecule has 0 amide bonds. The van der Waals surface area contributed by atoms with Gasteiger partial charge in [-0.05, 0) is 78.5 Å². The van der Waals surface area contributed by atoms with Crippen molar-refractivity contribution in [3.63, 3.8) is 0 Å². The highest BCUT2D eigenvalue weighted by atomic mass is 127. The van der Waals surface area contributed by atoms with Gasteiger partial charge in [0.25, 0.3) is 0 Å². The number of hydrogen-bond acceptors (Lipinski definition) is 5. The lowest BCUT2D eigenvalue weighted by Gasteiger charge is -2.44. The molecule has 0 saturated heterocycles. The van der Waals surface area contributed by atoms with E-state index in [0.29, 0.717) is 30.9 Å². The van der Waals surface area contributed by atoms with Gasteiger partial charge in [-0.3, -0.25) is 9.59 Å². The van der Waals surface area contributed by atoms with Crippen molar-refractivity contribution in [2.45, 2.75) is 64.4 Å². The Bertz CT molecular complexity index is 1270. The van der Waals surface area contributed by atoms with E-state index >= 15 is 0 Å². The minimum Gasteiger partial charge on any atom is -0.493 e. The predicted molar refractivity (Wildman–Crippen MR) is 156 cm³/mol. The van der Waals surface area contributed by atoms with Gasteiger partial charge >= 0.3 is 0 Å². The molecule has 37 heavy (non-hydrogen) atoms. The van der Waals surface area contributed by atoms with Gasteiger partial charge in [-0.2, -0.15) is 0 Å². The SMILES string of the molecule is CCCN1C2=C(C(=O)CCC2)C(c2cc(I)c(OCc3ccccc3Br)c(OC)c2)C2=C1CCCC2=O. The number of allylic oxidation sites excluding steroid dienone is 4. The molecule has 3 aliphatic rings. The van der Waals surface area contributed by atoms with E-state index in [9.17, 15) is 9.59 Å². The van der Waals surface area contributed by atoms with Gasteiger partial charge in [0, 0.05) is 57.9 Å². The van der Waals surface area contributed by atoms with Crippen LogP contribution in [-0.2, 0) is 16.2 Å². The topological polar surface area (TPSA) is 55.8 Å². The van der Waals surface area contributed by atoms with E-state index in [0.717, 1.165) is 80.4 Å². The molecular weight excluding hydrogens is 645 g/mol. The molecule has 0 saturated carbocycles. The molecule has 5 nitrogen and oxygen atoms in total. The Morgan fingerprint density at radius 3 is 2.24 bits per heavy atom. The third kappa shape index (κ3) is 5.01. The molecule has 0 aromatic heterocycles. The Kier molecular flexibility index (Phi) is 8.10. The first-order valence-corrected chi connectivity index (χ1v) is 14.8. The average molecular weight is 676 g/mol. The summed E-state index contributed by atoms with van der Waals surface area (Å²) < 4.78 is 13.9. The second-order valence-electron chi connectivity index (χ2n) is 9.77. The van der Waals surface area contributed by atoms with Crippen molar-refractivity contribution >= 4 is 50.1 Å². The Morgan fingerprint density at radius 1 is 1.00 bits per heavy atom. The van der Waals surface area contributed by atoms with Crippen molar-refractivity contribution in [2.24, 2.45) is 0 Å². The number of carbonyl (C=O) groups excluding carboxylic acids is 2. The van der Waals surface area contributed by atoms with E-state index in [1.165, 1.54) is 0 Å². The number of carbonyl (C=O) groups is 2. The summed E-state index contributed by atoms with van der Waals surface area (Å²) in [5.74, 6) is 1.26. The summed E-state index contributed by atoms with van der Waals surface area (Å²) in [6, 6.07) is 12.0. The maximum absolute atomic E-state index is 13.5. The molecular formula is C30H31BrINO4. The van der Waals surface area contributed by atoms with Crippen LogP contribution in [0.5, 0.6) is 11.5 Å². The van der Waals surface area contributed by atoms with Gasteiger partial charge in [0.15, 0.2) is 23.1 Å². The number of methoxy groups -OCH3 is 1. The van der Waals surface area contributed by atoms with Crippen molar-refractivity contribution in [2.75, 3.05) is 13.7 Å². The Labute approximate surface area is 240 Å². The third-order valence-electron chi connectivity index (χ3n) is 7.45. The molecule has 1 heterocycles. The van der Waals surface area contributed by atoms with Gasteiger partial charge in [0.05, 0.1) is 10.7 Å². The minimum absolute atomic E-state index is 0.167. The summed E-state index contributed by atoms with van der Waals surface area (Å²) in [4.78, 5) is 29.2. The zero-order valence-corrected chi connectivity index (χ0v) is 25.0. The zero-order chi connectivity index (χ0) is 26.1. The van der Waals surface area contributed by atoms with Crippen LogP contribution in [0, 0.1) is 3.57 Å². The summed E-state index contributed by atoms with van der Waals surface area (Å²) >= 11 is 5.87. The van der Waals surface area contributed by atoms with Crippen LogP contribution >= 0.6 is 38.5 Å². The van der Waals surface area contributed by atoms with Crippen LogP contribution in [0.25, 0.3) is 0 Å². The van der Waals surface area contributed by atoms with Crippen molar-refractivity contribution in [3.8, 4) is 11.5 Å². The van der Waals surface area contributed by atoms with E-state index in [1.54, 1.807) is 7.11 Å². The molecule has 194 valence electrons. The van der Waals surface area contributed by atoms with E-state index in [4.69, 9.17) is 9.47 Å². The third-order valence-corrected chi connectivity index (χ3v) is 9.02. The predicted octanol–water partition coefficient (Wildman–Crippen LogP) is 7.46. The highest BCUT2D eigenvalue weighted by Gasteiger charge is 2.43. The van der Waals surface area contributed by atoms with Crippen LogP contribution in [0.2, 0.25) is 0 Å².